The highest BCUT2D eigenvalue weighted by Gasteiger charge is 1.97. The van der Waals surface area contributed by atoms with Crippen molar-refractivity contribution < 1.29 is 4.39 Å². The third-order valence-corrected chi connectivity index (χ3v) is 1.38. The highest BCUT2D eigenvalue weighted by molar-refractivity contribution is 5.26. The van der Waals surface area contributed by atoms with Crippen molar-refractivity contribution in [3.63, 3.8) is 0 Å². The van der Waals surface area contributed by atoms with Crippen molar-refractivity contribution >= 4 is 0 Å². The zero-order valence-electron chi connectivity index (χ0n) is 6.86. The van der Waals surface area contributed by atoms with Gasteiger partial charge in [0.2, 0.25) is 0 Å². The van der Waals surface area contributed by atoms with E-state index in [1.165, 1.54) is 12.2 Å². The minimum atomic E-state index is -0.282. The SMILES string of the molecule is C=C/C(F)=C(\C=C)CCNC. The van der Waals surface area contributed by atoms with E-state index in [2.05, 4.69) is 18.5 Å². The van der Waals surface area contributed by atoms with Gasteiger partial charge in [-0.15, -0.1) is 0 Å². The van der Waals surface area contributed by atoms with E-state index in [1.807, 2.05) is 7.05 Å². The minimum Gasteiger partial charge on any atom is -0.319 e. The van der Waals surface area contributed by atoms with Gasteiger partial charge in [0.25, 0.3) is 0 Å². The molecule has 0 aliphatic heterocycles. The molecule has 0 radical (unpaired) electrons. The third kappa shape index (κ3) is 3.73. The molecule has 0 fully saturated rings. The van der Waals surface area contributed by atoms with Gasteiger partial charge in [-0.2, -0.15) is 0 Å². The largest absolute Gasteiger partial charge is 0.319 e. The molecule has 62 valence electrons. The molecule has 0 saturated heterocycles. The van der Waals surface area contributed by atoms with Crippen molar-refractivity contribution in [3.8, 4) is 0 Å². The quantitative estimate of drug-likeness (QED) is 0.600. The summed E-state index contributed by atoms with van der Waals surface area (Å²) in [6.07, 6.45) is 3.37. The molecule has 1 N–H and O–H groups in total. The van der Waals surface area contributed by atoms with E-state index < -0.39 is 0 Å². The van der Waals surface area contributed by atoms with Gasteiger partial charge < -0.3 is 5.32 Å². The average Bonchev–Trinajstić information content (AvgIpc) is 2.05. The van der Waals surface area contributed by atoms with Gasteiger partial charge >= 0.3 is 0 Å². The van der Waals surface area contributed by atoms with Crippen LogP contribution < -0.4 is 5.32 Å². The van der Waals surface area contributed by atoms with Crippen molar-refractivity contribution in [2.24, 2.45) is 0 Å². The predicted molar refractivity (Wildman–Crippen MR) is 47.1 cm³/mol. The average molecular weight is 155 g/mol. The Morgan fingerprint density at radius 2 is 2.09 bits per heavy atom. The van der Waals surface area contributed by atoms with Crippen molar-refractivity contribution in [1.82, 2.24) is 5.32 Å². The monoisotopic (exact) mass is 155 g/mol. The van der Waals surface area contributed by atoms with Gasteiger partial charge in [0.05, 0.1) is 0 Å². The van der Waals surface area contributed by atoms with Crippen LogP contribution in [0.5, 0.6) is 0 Å². The summed E-state index contributed by atoms with van der Waals surface area (Å²) in [7, 11) is 1.83. The number of rotatable bonds is 5. The number of nitrogens with one attached hydrogen (secondary N) is 1. The maximum atomic E-state index is 12.8. The molecule has 0 bridgehead atoms. The second-order valence-corrected chi connectivity index (χ2v) is 2.13. The molecule has 1 nitrogen and oxygen atoms in total. The minimum absolute atomic E-state index is 0.282. The molecule has 0 heterocycles. The van der Waals surface area contributed by atoms with Crippen LogP contribution in [0.25, 0.3) is 0 Å². The lowest BCUT2D eigenvalue weighted by molar-refractivity contribution is 0.646. The summed E-state index contributed by atoms with van der Waals surface area (Å²) >= 11 is 0. The molecule has 0 aromatic rings. The Balaban J connectivity index is 4.14. The van der Waals surface area contributed by atoms with Crippen LogP contribution in [-0.2, 0) is 0 Å². The van der Waals surface area contributed by atoms with E-state index in [9.17, 15) is 4.39 Å². The Morgan fingerprint density at radius 1 is 1.45 bits per heavy atom. The predicted octanol–water partition coefficient (Wildman–Crippen LogP) is 2.19. The van der Waals surface area contributed by atoms with E-state index in [0.717, 1.165) is 6.54 Å². The van der Waals surface area contributed by atoms with Crippen molar-refractivity contribution in [2.45, 2.75) is 6.42 Å². The summed E-state index contributed by atoms with van der Waals surface area (Å²) < 4.78 is 12.8. The highest BCUT2D eigenvalue weighted by Crippen LogP contribution is 2.11. The van der Waals surface area contributed by atoms with E-state index in [4.69, 9.17) is 0 Å². The fraction of sp³-hybridized carbons (Fsp3) is 0.333. The van der Waals surface area contributed by atoms with Crippen LogP contribution in [0.4, 0.5) is 4.39 Å². The smallest absolute Gasteiger partial charge is 0.125 e. The molecule has 0 spiro atoms. The van der Waals surface area contributed by atoms with Gasteiger partial charge in [0, 0.05) is 0 Å². The molecule has 0 atom stereocenters. The number of hydrogen-bond acceptors (Lipinski definition) is 1. The molecule has 11 heavy (non-hydrogen) atoms. The van der Waals surface area contributed by atoms with Crippen LogP contribution in [0.3, 0.4) is 0 Å². The van der Waals surface area contributed by atoms with Gasteiger partial charge in [-0.1, -0.05) is 19.2 Å². The van der Waals surface area contributed by atoms with Gasteiger partial charge in [0.1, 0.15) is 5.83 Å². The molecule has 0 aromatic carbocycles. The highest BCUT2D eigenvalue weighted by atomic mass is 19.1. The van der Waals surface area contributed by atoms with E-state index in [0.29, 0.717) is 12.0 Å². The first-order valence-corrected chi connectivity index (χ1v) is 3.54. The van der Waals surface area contributed by atoms with Crippen LogP contribution in [0.15, 0.2) is 36.7 Å². The molecular weight excluding hydrogens is 141 g/mol. The lowest BCUT2D eigenvalue weighted by Crippen LogP contribution is -2.08. The maximum Gasteiger partial charge on any atom is 0.125 e. The van der Waals surface area contributed by atoms with E-state index >= 15 is 0 Å². The van der Waals surface area contributed by atoms with E-state index in [1.54, 1.807) is 0 Å². The summed E-state index contributed by atoms with van der Waals surface area (Å²) in [4.78, 5) is 0. The number of hydrogen-bond donors (Lipinski definition) is 1. The zero-order chi connectivity index (χ0) is 8.69. The van der Waals surface area contributed by atoms with Gasteiger partial charge in [-0.25, -0.2) is 4.39 Å². The van der Waals surface area contributed by atoms with E-state index in [-0.39, 0.29) is 5.83 Å². The maximum absolute atomic E-state index is 12.8. The Bertz CT molecular complexity index is 170. The van der Waals surface area contributed by atoms with Gasteiger partial charge in [-0.05, 0) is 31.7 Å². The molecule has 2 heteroatoms. The summed E-state index contributed by atoms with van der Waals surface area (Å²) in [6.45, 7) is 7.60. The van der Waals surface area contributed by atoms with Crippen LogP contribution in [0.2, 0.25) is 0 Å². The first-order valence-electron chi connectivity index (χ1n) is 3.54. The second-order valence-electron chi connectivity index (χ2n) is 2.13. The first-order chi connectivity index (χ1) is 5.26. The fourth-order valence-electron chi connectivity index (χ4n) is 0.710. The molecule has 0 aliphatic carbocycles. The van der Waals surface area contributed by atoms with Crippen LogP contribution in [0.1, 0.15) is 6.42 Å². The Labute approximate surface area is 67.3 Å². The standard InChI is InChI=1S/C9H14FN/c1-4-8(6-7-11-3)9(10)5-2/h4-5,11H,1-2,6-7H2,3H3/b9-8-. The molecule has 0 aliphatic rings. The molecule has 0 saturated carbocycles. The van der Waals surface area contributed by atoms with Crippen LogP contribution >= 0.6 is 0 Å². The summed E-state index contributed by atoms with van der Waals surface area (Å²) in [5.41, 5.74) is 0.606. The molecular formula is C9H14FN. The third-order valence-electron chi connectivity index (χ3n) is 1.38. The molecule has 0 aromatic heterocycles. The van der Waals surface area contributed by atoms with Crippen LogP contribution in [-0.4, -0.2) is 13.6 Å². The van der Waals surface area contributed by atoms with Gasteiger partial charge in [-0.3, -0.25) is 0 Å². The lowest BCUT2D eigenvalue weighted by Gasteiger charge is -2.00. The van der Waals surface area contributed by atoms with Crippen LogP contribution in [0, 0.1) is 0 Å². The molecule has 0 unspecified atom stereocenters. The normalized spacial score (nSPS) is 12.2. The van der Waals surface area contributed by atoms with Crippen molar-refractivity contribution in [1.29, 1.82) is 0 Å². The summed E-state index contributed by atoms with van der Waals surface area (Å²) in [6, 6.07) is 0. The Morgan fingerprint density at radius 3 is 2.45 bits per heavy atom. The lowest BCUT2D eigenvalue weighted by atomic mass is 10.1. The first kappa shape index (κ1) is 10.1. The van der Waals surface area contributed by atoms with Crippen molar-refractivity contribution in [3.05, 3.63) is 36.7 Å². The molecule has 0 amide bonds. The topological polar surface area (TPSA) is 12.0 Å². The fourth-order valence-corrected chi connectivity index (χ4v) is 0.710. The number of allylic oxidation sites excluding steroid dienone is 3. The molecule has 0 rings (SSSR count). The summed E-state index contributed by atoms with van der Waals surface area (Å²) in [5, 5.41) is 2.93. The summed E-state index contributed by atoms with van der Waals surface area (Å²) in [5.74, 6) is -0.282. The second kappa shape index (κ2) is 5.86. The van der Waals surface area contributed by atoms with Crippen molar-refractivity contribution in [2.75, 3.05) is 13.6 Å². The Hall–Kier alpha value is -0.890. The van der Waals surface area contributed by atoms with Gasteiger partial charge in [0.15, 0.2) is 0 Å². The Kier molecular flexibility index (Phi) is 5.39. The zero-order valence-corrected chi connectivity index (χ0v) is 6.86. The number of halogens is 1.